The van der Waals surface area contributed by atoms with Crippen molar-refractivity contribution in [2.24, 2.45) is 0 Å². The molecule has 2 heterocycles. The number of halogens is 1. The quantitative estimate of drug-likeness (QED) is 0.619. The van der Waals surface area contributed by atoms with Crippen LogP contribution in [0.4, 0.5) is 0 Å². The molecule has 138 valence electrons. The molecule has 0 saturated carbocycles. The molecule has 0 saturated heterocycles. The summed E-state index contributed by atoms with van der Waals surface area (Å²) in [6, 6.07) is 9.46. The van der Waals surface area contributed by atoms with Crippen molar-refractivity contribution in [3.63, 3.8) is 0 Å². The summed E-state index contributed by atoms with van der Waals surface area (Å²) in [7, 11) is 0. The third-order valence-corrected chi connectivity index (χ3v) is 5.12. The molecule has 3 aromatic rings. The Morgan fingerprint density at radius 3 is 2.69 bits per heavy atom. The molecule has 0 bridgehead atoms. The van der Waals surface area contributed by atoms with E-state index in [4.69, 9.17) is 16.3 Å². The van der Waals surface area contributed by atoms with Gasteiger partial charge in [0, 0.05) is 22.2 Å². The average Bonchev–Trinajstić information content (AvgIpc) is 3.01. The minimum absolute atomic E-state index is 0.116. The predicted octanol–water partition coefficient (Wildman–Crippen LogP) is 3.63. The number of aliphatic hydroxyl groups excluding tert-OH is 1. The van der Waals surface area contributed by atoms with Crippen molar-refractivity contribution in [1.82, 2.24) is 19.6 Å². The van der Waals surface area contributed by atoms with Gasteiger partial charge in [-0.05, 0) is 44.5 Å². The second kappa shape index (κ2) is 8.35. The molecular weight excluding hydrogens is 372 g/mol. The Hall–Kier alpha value is -1.67. The number of fused-ring (bicyclic) bond motifs is 1. The summed E-state index contributed by atoms with van der Waals surface area (Å²) < 4.78 is 7.46. The molecule has 3 rings (SSSR count). The van der Waals surface area contributed by atoms with Crippen molar-refractivity contribution in [3.8, 4) is 0 Å². The van der Waals surface area contributed by atoms with Gasteiger partial charge in [-0.2, -0.15) is 4.98 Å². The summed E-state index contributed by atoms with van der Waals surface area (Å²) in [5.41, 5.74) is 2.91. The van der Waals surface area contributed by atoms with Crippen LogP contribution >= 0.6 is 23.4 Å². The van der Waals surface area contributed by atoms with Crippen LogP contribution in [0.5, 0.6) is 0 Å². The van der Waals surface area contributed by atoms with Crippen LogP contribution in [0.1, 0.15) is 30.0 Å². The monoisotopic (exact) mass is 392 g/mol. The molecule has 0 fully saturated rings. The summed E-state index contributed by atoms with van der Waals surface area (Å²) in [4.78, 5) is 8.76. The van der Waals surface area contributed by atoms with Gasteiger partial charge in [0.25, 0.3) is 5.78 Å². The third-order valence-electron chi connectivity index (χ3n) is 3.88. The number of nitrogens with zero attached hydrogens (tertiary/aromatic N) is 4. The van der Waals surface area contributed by atoms with Crippen LogP contribution in [0.3, 0.4) is 0 Å². The Kier molecular flexibility index (Phi) is 6.13. The van der Waals surface area contributed by atoms with E-state index in [1.54, 1.807) is 4.52 Å². The van der Waals surface area contributed by atoms with Crippen LogP contribution in [0.15, 0.2) is 35.5 Å². The fourth-order valence-electron chi connectivity index (χ4n) is 2.51. The summed E-state index contributed by atoms with van der Waals surface area (Å²) >= 11 is 7.28. The fraction of sp³-hybridized carbons (Fsp3) is 0.389. The van der Waals surface area contributed by atoms with Crippen molar-refractivity contribution in [2.75, 3.05) is 12.4 Å². The highest BCUT2D eigenvalue weighted by Gasteiger charge is 2.13. The number of rotatable bonds is 7. The highest BCUT2D eigenvalue weighted by Crippen LogP contribution is 2.21. The molecule has 0 spiro atoms. The summed E-state index contributed by atoms with van der Waals surface area (Å²) in [6.07, 6.45) is -0.729. The Bertz CT molecular complexity index is 885. The Balaban J connectivity index is 1.51. The zero-order valence-corrected chi connectivity index (χ0v) is 16.5. The van der Waals surface area contributed by atoms with Gasteiger partial charge in [-0.25, -0.2) is 9.50 Å². The van der Waals surface area contributed by atoms with Crippen molar-refractivity contribution < 1.29 is 9.84 Å². The van der Waals surface area contributed by atoms with Gasteiger partial charge in [0.05, 0.1) is 18.8 Å². The Morgan fingerprint density at radius 2 is 1.96 bits per heavy atom. The molecular formula is C18H21ClN4O2S. The second-order valence-corrected chi connectivity index (χ2v) is 7.56. The number of ether oxygens (including phenoxy) is 1. The number of aryl methyl sites for hydroxylation is 2. The standard InChI is InChI=1S/C18H21ClN4O2S/c1-11-8-12(2)23-17(20-11)21-18(22-23)26-10-16(24)9-25-13(3)14-4-6-15(19)7-5-14/h4-8,13,16,24H,9-10H2,1-3H3/t13-,16+/m0/s1. The highest BCUT2D eigenvalue weighted by molar-refractivity contribution is 7.99. The normalized spacial score (nSPS) is 13.9. The number of aliphatic hydroxyl groups is 1. The number of hydrogen-bond acceptors (Lipinski definition) is 6. The van der Waals surface area contributed by atoms with Crippen LogP contribution < -0.4 is 0 Å². The SMILES string of the molecule is Cc1cc(C)n2nc(SC[C@H](O)CO[C@@H](C)c3ccc(Cl)cc3)nc2n1. The van der Waals surface area contributed by atoms with E-state index in [-0.39, 0.29) is 12.7 Å². The molecule has 0 aliphatic carbocycles. The number of thioether (sulfide) groups is 1. The number of hydrogen-bond donors (Lipinski definition) is 1. The molecule has 0 amide bonds. The van der Waals surface area contributed by atoms with Crippen molar-refractivity contribution in [2.45, 2.75) is 38.1 Å². The van der Waals surface area contributed by atoms with Gasteiger partial charge in [-0.1, -0.05) is 35.5 Å². The van der Waals surface area contributed by atoms with Crippen LogP contribution in [-0.2, 0) is 4.74 Å². The molecule has 2 aromatic heterocycles. The zero-order valence-electron chi connectivity index (χ0n) is 14.9. The van der Waals surface area contributed by atoms with Crippen LogP contribution in [0.25, 0.3) is 5.78 Å². The van der Waals surface area contributed by atoms with E-state index in [2.05, 4.69) is 15.1 Å². The van der Waals surface area contributed by atoms with E-state index in [1.165, 1.54) is 11.8 Å². The van der Waals surface area contributed by atoms with Gasteiger partial charge in [0.1, 0.15) is 0 Å². The number of aromatic nitrogens is 4. The van der Waals surface area contributed by atoms with E-state index in [1.807, 2.05) is 51.1 Å². The van der Waals surface area contributed by atoms with E-state index < -0.39 is 6.10 Å². The van der Waals surface area contributed by atoms with Gasteiger partial charge in [0.15, 0.2) is 0 Å². The van der Waals surface area contributed by atoms with Gasteiger partial charge < -0.3 is 9.84 Å². The molecule has 0 aliphatic rings. The lowest BCUT2D eigenvalue weighted by atomic mass is 10.1. The third kappa shape index (κ3) is 4.73. The van der Waals surface area contributed by atoms with Crippen molar-refractivity contribution >= 4 is 29.1 Å². The van der Waals surface area contributed by atoms with Gasteiger partial charge in [-0.15, -0.1) is 5.10 Å². The van der Waals surface area contributed by atoms with E-state index in [0.29, 0.717) is 21.7 Å². The molecule has 26 heavy (non-hydrogen) atoms. The Labute approximate surface area is 161 Å². The lowest BCUT2D eigenvalue weighted by Gasteiger charge is -2.16. The van der Waals surface area contributed by atoms with Crippen LogP contribution in [0, 0.1) is 13.8 Å². The molecule has 2 atom stereocenters. The van der Waals surface area contributed by atoms with Gasteiger partial charge >= 0.3 is 0 Å². The molecule has 0 radical (unpaired) electrons. The summed E-state index contributed by atoms with van der Waals surface area (Å²) in [5, 5.41) is 15.9. The lowest BCUT2D eigenvalue weighted by Crippen LogP contribution is -2.19. The van der Waals surface area contributed by atoms with Crippen LogP contribution in [0.2, 0.25) is 5.02 Å². The number of benzene rings is 1. The maximum absolute atomic E-state index is 10.2. The minimum Gasteiger partial charge on any atom is -0.390 e. The second-order valence-electron chi connectivity index (χ2n) is 6.14. The highest BCUT2D eigenvalue weighted by atomic mass is 35.5. The first-order valence-electron chi connectivity index (χ1n) is 8.31. The fourth-order valence-corrected chi connectivity index (χ4v) is 3.36. The zero-order chi connectivity index (χ0) is 18.7. The van der Waals surface area contributed by atoms with Gasteiger partial charge in [0.2, 0.25) is 5.16 Å². The summed E-state index contributed by atoms with van der Waals surface area (Å²) in [6.45, 7) is 6.08. The maximum Gasteiger partial charge on any atom is 0.253 e. The summed E-state index contributed by atoms with van der Waals surface area (Å²) in [5.74, 6) is 1.02. The largest absolute Gasteiger partial charge is 0.390 e. The topological polar surface area (TPSA) is 72.5 Å². The van der Waals surface area contributed by atoms with Crippen LogP contribution in [-0.4, -0.2) is 43.2 Å². The molecule has 1 N–H and O–H groups in total. The van der Waals surface area contributed by atoms with E-state index in [9.17, 15) is 5.11 Å². The average molecular weight is 393 g/mol. The molecule has 0 unspecified atom stereocenters. The Morgan fingerprint density at radius 1 is 1.23 bits per heavy atom. The lowest BCUT2D eigenvalue weighted by molar-refractivity contribution is 0.00621. The van der Waals surface area contributed by atoms with E-state index >= 15 is 0 Å². The predicted molar refractivity (Wildman–Crippen MR) is 103 cm³/mol. The maximum atomic E-state index is 10.2. The molecule has 0 aliphatic heterocycles. The first-order chi connectivity index (χ1) is 12.4. The van der Waals surface area contributed by atoms with Crippen molar-refractivity contribution in [1.29, 1.82) is 0 Å². The first kappa shape index (κ1) is 19.1. The smallest absolute Gasteiger partial charge is 0.253 e. The molecule has 8 heteroatoms. The van der Waals surface area contributed by atoms with Crippen molar-refractivity contribution in [3.05, 3.63) is 52.3 Å². The minimum atomic E-state index is -0.614. The first-order valence-corrected chi connectivity index (χ1v) is 9.67. The molecule has 1 aromatic carbocycles. The molecule has 6 nitrogen and oxygen atoms in total. The van der Waals surface area contributed by atoms with Gasteiger partial charge in [-0.3, -0.25) is 0 Å². The van der Waals surface area contributed by atoms with E-state index in [0.717, 1.165) is 17.0 Å².